The molecule has 1 saturated heterocycles. The minimum atomic E-state index is -0.184. The van der Waals surface area contributed by atoms with Crippen LogP contribution in [-0.2, 0) is 11.2 Å². The second-order valence-corrected chi connectivity index (χ2v) is 5.54. The molecule has 1 atom stereocenters. The summed E-state index contributed by atoms with van der Waals surface area (Å²) in [6, 6.07) is 0. The van der Waals surface area contributed by atoms with Crippen molar-refractivity contribution in [3.63, 3.8) is 0 Å². The molecule has 19 heavy (non-hydrogen) atoms. The Balaban J connectivity index is 2.27. The zero-order chi connectivity index (χ0) is 13.9. The quantitative estimate of drug-likeness (QED) is 0.905. The number of aliphatic hydroxyl groups excluding tert-OH is 1. The highest BCUT2D eigenvalue weighted by Gasteiger charge is 2.33. The first-order chi connectivity index (χ1) is 9.12. The molecule has 4 nitrogen and oxygen atoms in total. The van der Waals surface area contributed by atoms with E-state index < -0.39 is 0 Å². The van der Waals surface area contributed by atoms with Gasteiger partial charge in [0.1, 0.15) is 5.75 Å². The van der Waals surface area contributed by atoms with Crippen LogP contribution in [0.15, 0.2) is 6.20 Å². The number of pyridine rings is 1. The highest BCUT2D eigenvalue weighted by atomic mass is 16.5. The SMILES string of the molecule is COc1c(C)cnc(CC2(CO)CCCOC2)c1C. The smallest absolute Gasteiger partial charge is 0.128 e. The van der Waals surface area contributed by atoms with Crippen molar-refractivity contribution in [2.75, 3.05) is 26.9 Å². The maximum absolute atomic E-state index is 9.74. The van der Waals surface area contributed by atoms with Crippen molar-refractivity contribution in [1.29, 1.82) is 0 Å². The largest absolute Gasteiger partial charge is 0.496 e. The molecule has 106 valence electrons. The van der Waals surface area contributed by atoms with Crippen molar-refractivity contribution < 1.29 is 14.6 Å². The Labute approximate surface area is 114 Å². The first-order valence-corrected chi connectivity index (χ1v) is 6.79. The average Bonchev–Trinajstić information content (AvgIpc) is 2.44. The summed E-state index contributed by atoms with van der Waals surface area (Å²) >= 11 is 0. The van der Waals surface area contributed by atoms with Crippen molar-refractivity contribution in [3.05, 3.63) is 23.0 Å². The minimum Gasteiger partial charge on any atom is -0.496 e. The molecule has 1 aromatic rings. The number of methoxy groups -OCH3 is 1. The van der Waals surface area contributed by atoms with Gasteiger partial charge in [-0.15, -0.1) is 0 Å². The van der Waals surface area contributed by atoms with Gasteiger partial charge in [-0.3, -0.25) is 4.98 Å². The second kappa shape index (κ2) is 5.88. The molecule has 0 aliphatic carbocycles. The molecule has 2 heterocycles. The van der Waals surface area contributed by atoms with E-state index in [4.69, 9.17) is 9.47 Å². The standard InChI is InChI=1S/C15H23NO3/c1-11-8-16-13(12(2)14(11)18-3)7-15(9-17)5-4-6-19-10-15/h8,17H,4-7,9-10H2,1-3H3. The molecular weight excluding hydrogens is 242 g/mol. The number of aliphatic hydroxyl groups is 1. The lowest BCUT2D eigenvalue weighted by molar-refractivity contribution is -0.0384. The number of ether oxygens (including phenoxy) is 2. The average molecular weight is 265 g/mol. The molecule has 1 aliphatic heterocycles. The summed E-state index contributed by atoms with van der Waals surface area (Å²) in [5.74, 6) is 0.898. The highest BCUT2D eigenvalue weighted by molar-refractivity contribution is 5.41. The van der Waals surface area contributed by atoms with Crippen molar-refractivity contribution in [2.24, 2.45) is 5.41 Å². The van der Waals surface area contributed by atoms with E-state index >= 15 is 0 Å². The Morgan fingerprint density at radius 1 is 1.47 bits per heavy atom. The number of hydrogen-bond acceptors (Lipinski definition) is 4. The number of aromatic nitrogens is 1. The molecule has 0 radical (unpaired) electrons. The molecule has 2 rings (SSSR count). The summed E-state index contributed by atoms with van der Waals surface area (Å²) in [4.78, 5) is 4.53. The molecule has 0 spiro atoms. The third kappa shape index (κ3) is 2.90. The predicted molar refractivity (Wildman–Crippen MR) is 73.5 cm³/mol. The van der Waals surface area contributed by atoms with Crippen LogP contribution in [0.1, 0.15) is 29.7 Å². The van der Waals surface area contributed by atoms with Crippen LogP contribution in [0.3, 0.4) is 0 Å². The summed E-state index contributed by atoms with van der Waals surface area (Å²) in [6.45, 7) is 5.58. The number of rotatable bonds is 4. The molecule has 0 bridgehead atoms. The van der Waals surface area contributed by atoms with Crippen LogP contribution in [0.2, 0.25) is 0 Å². The Kier molecular flexibility index (Phi) is 4.42. The van der Waals surface area contributed by atoms with Gasteiger partial charge in [-0.05, 0) is 26.7 Å². The van der Waals surface area contributed by atoms with Crippen LogP contribution in [0, 0.1) is 19.3 Å². The molecule has 1 fully saturated rings. The summed E-state index contributed by atoms with van der Waals surface area (Å²) in [7, 11) is 1.69. The van der Waals surface area contributed by atoms with E-state index in [-0.39, 0.29) is 12.0 Å². The van der Waals surface area contributed by atoms with Gasteiger partial charge >= 0.3 is 0 Å². The fourth-order valence-corrected chi connectivity index (χ4v) is 2.83. The van der Waals surface area contributed by atoms with Gasteiger partial charge in [0.15, 0.2) is 0 Å². The third-order valence-corrected chi connectivity index (χ3v) is 4.03. The summed E-state index contributed by atoms with van der Waals surface area (Å²) in [6.07, 6.45) is 4.57. The fourth-order valence-electron chi connectivity index (χ4n) is 2.83. The second-order valence-electron chi connectivity index (χ2n) is 5.54. The van der Waals surface area contributed by atoms with Crippen LogP contribution < -0.4 is 4.74 Å². The van der Waals surface area contributed by atoms with E-state index in [1.165, 1.54) is 0 Å². The normalized spacial score (nSPS) is 23.4. The van der Waals surface area contributed by atoms with Gasteiger partial charge in [0.05, 0.1) is 20.3 Å². The minimum absolute atomic E-state index is 0.143. The van der Waals surface area contributed by atoms with Gasteiger partial charge in [-0.25, -0.2) is 0 Å². The van der Waals surface area contributed by atoms with Crippen LogP contribution in [0.5, 0.6) is 5.75 Å². The van der Waals surface area contributed by atoms with Crippen LogP contribution in [0.25, 0.3) is 0 Å². The Morgan fingerprint density at radius 2 is 2.26 bits per heavy atom. The maximum atomic E-state index is 9.74. The Morgan fingerprint density at radius 3 is 2.84 bits per heavy atom. The zero-order valence-electron chi connectivity index (χ0n) is 12.0. The number of nitrogens with zero attached hydrogens (tertiary/aromatic N) is 1. The molecule has 1 aliphatic rings. The summed E-state index contributed by atoms with van der Waals surface area (Å²) in [5.41, 5.74) is 2.93. The highest BCUT2D eigenvalue weighted by Crippen LogP contribution is 2.34. The zero-order valence-corrected chi connectivity index (χ0v) is 12.0. The summed E-state index contributed by atoms with van der Waals surface area (Å²) in [5, 5.41) is 9.74. The van der Waals surface area contributed by atoms with Gasteiger partial charge in [0, 0.05) is 41.5 Å². The Bertz CT molecular complexity index is 439. The molecular formula is C15H23NO3. The lowest BCUT2D eigenvalue weighted by Crippen LogP contribution is -2.37. The van der Waals surface area contributed by atoms with Crippen molar-refractivity contribution in [3.8, 4) is 5.75 Å². The predicted octanol–water partition coefficient (Wildman–Crippen LogP) is 2.04. The number of aryl methyl sites for hydroxylation is 1. The first kappa shape index (κ1) is 14.3. The molecule has 0 aromatic carbocycles. The molecule has 1 aromatic heterocycles. The van der Waals surface area contributed by atoms with E-state index in [2.05, 4.69) is 4.98 Å². The third-order valence-electron chi connectivity index (χ3n) is 4.03. The van der Waals surface area contributed by atoms with Gasteiger partial charge in [0.25, 0.3) is 0 Å². The van der Waals surface area contributed by atoms with Gasteiger partial charge in [-0.2, -0.15) is 0 Å². The van der Waals surface area contributed by atoms with Crippen LogP contribution >= 0.6 is 0 Å². The van der Waals surface area contributed by atoms with Crippen molar-refractivity contribution in [1.82, 2.24) is 4.98 Å². The van der Waals surface area contributed by atoms with E-state index in [9.17, 15) is 5.11 Å². The van der Waals surface area contributed by atoms with Crippen LogP contribution in [0.4, 0.5) is 0 Å². The molecule has 0 saturated carbocycles. The molecule has 1 unspecified atom stereocenters. The van der Waals surface area contributed by atoms with E-state index in [0.717, 1.165) is 48.4 Å². The molecule has 4 heteroatoms. The Hall–Kier alpha value is -1.13. The lowest BCUT2D eigenvalue weighted by atomic mass is 9.78. The maximum Gasteiger partial charge on any atom is 0.128 e. The summed E-state index contributed by atoms with van der Waals surface area (Å²) < 4.78 is 11.0. The van der Waals surface area contributed by atoms with E-state index in [1.54, 1.807) is 7.11 Å². The number of hydrogen-bond donors (Lipinski definition) is 1. The van der Waals surface area contributed by atoms with Gasteiger partial charge in [-0.1, -0.05) is 0 Å². The fraction of sp³-hybridized carbons (Fsp3) is 0.667. The van der Waals surface area contributed by atoms with Crippen molar-refractivity contribution >= 4 is 0 Å². The van der Waals surface area contributed by atoms with Gasteiger partial charge in [0.2, 0.25) is 0 Å². The molecule has 0 amide bonds. The first-order valence-electron chi connectivity index (χ1n) is 6.79. The lowest BCUT2D eigenvalue weighted by Gasteiger charge is -2.35. The van der Waals surface area contributed by atoms with Crippen molar-refractivity contribution in [2.45, 2.75) is 33.1 Å². The van der Waals surface area contributed by atoms with Gasteiger partial charge < -0.3 is 14.6 Å². The van der Waals surface area contributed by atoms with Crippen LogP contribution in [-0.4, -0.2) is 37.0 Å². The topological polar surface area (TPSA) is 51.6 Å². The van der Waals surface area contributed by atoms with E-state index in [1.807, 2.05) is 20.0 Å². The monoisotopic (exact) mass is 265 g/mol. The van der Waals surface area contributed by atoms with E-state index in [0.29, 0.717) is 6.61 Å². The molecule has 1 N–H and O–H groups in total.